The third kappa shape index (κ3) is 8.52. The predicted octanol–water partition coefficient (Wildman–Crippen LogP) is 5.57. The molecule has 1 saturated heterocycles. The number of aliphatic hydroxyl groups excluding tert-OH is 2. The maximum Gasteiger partial charge on any atom is 0.312 e. The zero-order valence-electron chi connectivity index (χ0n) is 34.6. The Balaban J connectivity index is 1.71. The summed E-state index contributed by atoms with van der Waals surface area (Å²) in [4.78, 5) is 40.4. The molecular formula is C43H57N3O12. The molecule has 0 saturated carbocycles. The van der Waals surface area contributed by atoms with Crippen LogP contribution >= 0.6 is 0 Å². The van der Waals surface area contributed by atoms with E-state index in [9.17, 15) is 39.9 Å². The number of fused-ring (bicyclic) bond motifs is 14. The molecule has 2 aromatic rings. The molecule has 2 aromatic carbocycles. The van der Waals surface area contributed by atoms with Crippen LogP contribution in [0, 0.1) is 30.6 Å². The SMILES string of the molecule is CO[C@H]1/C=C/O[C@@]2(C)Oc3c(C)c(O)c4c(O)c(c(C=NN5CCCCC5)c(O)c4c3C2=O)NC(=O)/C(C)=C\C=C\[C@H](C)[C@H](O)[C@@H](C)[C@@H](O)[C@@H](C)[C@H](OC(C)=O)[C@@H]1C. The monoisotopic (exact) mass is 807 g/mol. The lowest BCUT2D eigenvalue weighted by atomic mass is 9.78. The zero-order valence-corrected chi connectivity index (χ0v) is 34.6. The van der Waals surface area contributed by atoms with Gasteiger partial charge in [0, 0.05) is 74.2 Å². The highest BCUT2D eigenvalue weighted by Gasteiger charge is 2.50. The Morgan fingerprint density at radius 1 is 0.948 bits per heavy atom. The number of esters is 1. The van der Waals surface area contributed by atoms with Gasteiger partial charge in [-0.15, -0.1) is 0 Å². The van der Waals surface area contributed by atoms with Crippen molar-refractivity contribution < 1.29 is 58.9 Å². The maximum atomic E-state index is 14.4. The van der Waals surface area contributed by atoms with Crippen molar-refractivity contribution in [3.63, 3.8) is 0 Å². The van der Waals surface area contributed by atoms with Gasteiger partial charge in [0.05, 0.1) is 53.0 Å². The van der Waals surface area contributed by atoms with Gasteiger partial charge in [-0.05, 0) is 39.2 Å². The number of phenols is 3. The third-order valence-electron chi connectivity index (χ3n) is 11.7. The van der Waals surface area contributed by atoms with E-state index < -0.39 is 88.8 Å². The Morgan fingerprint density at radius 3 is 2.26 bits per heavy atom. The normalized spacial score (nSPS) is 32.1. The van der Waals surface area contributed by atoms with Crippen LogP contribution in [0.25, 0.3) is 10.8 Å². The van der Waals surface area contributed by atoms with E-state index in [4.69, 9.17) is 18.9 Å². The number of benzene rings is 2. The number of ketones is 1. The van der Waals surface area contributed by atoms with Crippen molar-refractivity contribution in [2.24, 2.45) is 28.8 Å². The summed E-state index contributed by atoms with van der Waals surface area (Å²) in [6.45, 7) is 13.8. The lowest BCUT2D eigenvalue weighted by Gasteiger charge is -2.38. The summed E-state index contributed by atoms with van der Waals surface area (Å²) in [5.41, 5.74) is -0.303. The third-order valence-corrected chi connectivity index (χ3v) is 11.7. The number of carbonyl (C=O) groups is 3. The first kappa shape index (κ1) is 44.0. The van der Waals surface area contributed by atoms with Gasteiger partial charge >= 0.3 is 11.8 Å². The second kappa shape index (κ2) is 17.8. The first-order valence-corrected chi connectivity index (χ1v) is 19.7. The largest absolute Gasteiger partial charge is 0.507 e. The molecule has 0 radical (unpaired) electrons. The minimum atomic E-state index is -2.03. The van der Waals surface area contributed by atoms with E-state index in [1.807, 2.05) is 0 Å². The smallest absolute Gasteiger partial charge is 0.312 e. The van der Waals surface area contributed by atoms with Crippen LogP contribution in [0.2, 0.25) is 0 Å². The minimum absolute atomic E-state index is 0.0614. The van der Waals surface area contributed by atoms with Crippen molar-refractivity contribution >= 4 is 40.3 Å². The van der Waals surface area contributed by atoms with E-state index >= 15 is 0 Å². The number of aromatic hydroxyl groups is 3. The van der Waals surface area contributed by atoms with E-state index in [2.05, 4.69) is 10.4 Å². The second-order valence-corrected chi connectivity index (χ2v) is 15.9. The lowest BCUT2D eigenvalue weighted by molar-refractivity contribution is -0.160. The van der Waals surface area contributed by atoms with Gasteiger partial charge in [0.25, 0.3) is 11.7 Å². The number of nitrogens with zero attached hydrogens (tertiary/aromatic N) is 2. The molecule has 1 fully saturated rings. The van der Waals surface area contributed by atoms with Crippen LogP contribution in [0.15, 0.2) is 41.2 Å². The number of amides is 1. The number of anilines is 1. The fourth-order valence-electron chi connectivity index (χ4n) is 8.00. The molecule has 4 heterocycles. The topological polar surface area (TPSA) is 217 Å². The molecule has 1 amide bonds. The van der Waals surface area contributed by atoms with Crippen LogP contribution in [-0.4, -0.2) is 105 Å². The van der Waals surface area contributed by atoms with Crippen LogP contribution in [0.1, 0.15) is 89.2 Å². The number of piperidine rings is 1. The van der Waals surface area contributed by atoms with Gasteiger partial charge in [0.15, 0.2) is 5.75 Å². The average Bonchev–Trinajstić information content (AvgIpc) is 3.46. The van der Waals surface area contributed by atoms with Crippen molar-refractivity contribution in [1.82, 2.24) is 5.01 Å². The highest BCUT2D eigenvalue weighted by atomic mass is 16.7. The summed E-state index contributed by atoms with van der Waals surface area (Å²) in [6, 6.07) is 0. The van der Waals surface area contributed by atoms with Gasteiger partial charge in [0.1, 0.15) is 23.4 Å². The summed E-state index contributed by atoms with van der Waals surface area (Å²) in [6.07, 6.45) is 7.74. The number of hydrogen-bond donors (Lipinski definition) is 6. The van der Waals surface area contributed by atoms with Gasteiger partial charge in [-0.3, -0.25) is 19.4 Å². The van der Waals surface area contributed by atoms with E-state index in [1.165, 1.54) is 59.4 Å². The number of ether oxygens (including phenoxy) is 4. The Bertz CT molecular complexity index is 2040. The summed E-state index contributed by atoms with van der Waals surface area (Å²) in [7, 11) is 1.44. The highest BCUT2D eigenvalue weighted by molar-refractivity contribution is 6.23. The van der Waals surface area contributed by atoms with Gasteiger partial charge < -0.3 is 49.8 Å². The molecule has 4 aliphatic heterocycles. The molecule has 58 heavy (non-hydrogen) atoms. The summed E-state index contributed by atoms with van der Waals surface area (Å²) >= 11 is 0. The average molecular weight is 808 g/mol. The van der Waals surface area contributed by atoms with Crippen molar-refractivity contribution in [1.29, 1.82) is 0 Å². The number of allylic oxidation sites excluding steroid dienone is 2. The fourth-order valence-corrected chi connectivity index (χ4v) is 8.00. The van der Waals surface area contributed by atoms with Crippen molar-refractivity contribution in [2.75, 3.05) is 25.5 Å². The Morgan fingerprint density at radius 2 is 1.62 bits per heavy atom. The van der Waals surface area contributed by atoms with E-state index in [1.54, 1.807) is 44.9 Å². The number of aliphatic hydroxyl groups is 2. The van der Waals surface area contributed by atoms with E-state index in [0.29, 0.717) is 13.1 Å². The first-order valence-electron chi connectivity index (χ1n) is 19.7. The van der Waals surface area contributed by atoms with Crippen LogP contribution in [0.5, 0.6) is 23.0 Å². The standard InChI is InChI=1S/C43H57N3O12/c1-21-14-13-15-22(2)42(54)45-33-28(20-44-46-17-11-10-12-18-46)37(51)30-31(38(33)52)36(50)26(6)40-32(30)41(53)43(8,58-40)56-19-16-29(55-9)23(3)39(57-27(7)47)25(5)35(49)24(4)34(21)48/h13-16,19-21,23-25,29,34-35,39,48-52H,10-12,17-18H2,1-9H3,(H,45,54)/b14-13+,19-16+,22-15-,44-20?/t21-,23+,24+,25+,29-,34-,35+,39+,43-/m0/s1. The lowest BCUT2D eigenvalue weighted by Crippen LogP contribution is -2.46. The van der Waals surface area contributed by atoms with Crippen LogP contribution in [0.3, 0.4) is 0 Å². The minimum Gasteiger partial charge on any atom is -0.507 e. The van der Waals surface area contributed by atoms with Gasteiger partial charge in [0.2, 0.25) is 0 Å². The number of nitrogens with one attached hydrogen (secondary N) is 1. The van der Waals surface area contributed by atoms with Crippen LogP contribution in [0.4, 0.5) is 5.69 Å². The molecule has 6 rings (SSSR count). The number of carbonyl (C=O) groups excluding carboxylic acids is 3. The van der Waals surface area contributed by atoms with Crippen molar-refractivity contribution in [3.05, 3.63) is 52.8 Å². The Kier molecular flexibility index (Phi) is 13.5. The quantitative estimate of drug-likeness (QED) is 0.0965. The molecule has 5 bridgehead atoms. The molecule has 0 aromatic heterocycles. The molecule has 4 aliphatic rings. The summed E-state index contributed by atoms with van der Waals surface area (Å²) < 4.78 is 23.6. The van der Waals surface area contributed by atoms with E-state index in [-0.39, 0.29) is 44.5 Å². The van der Waals surface area contributed by atoms with Crippen molar-refractivity contribution in [2.45, 2.75) is 105 Å². The zero-order chi connectivity index (χ0) is 42.8. The molecule has 6 N–H and O–H groups in total. The molecule has 316 valence electrons. The molecule has 0 aliphatic carbocycles. The van der Waals surface area contributed by atoms with Crippen LogP contribution < -0.4 is 10.1 Å². The van der Waals surface area contributed by atoms with Crippen LogP contribution in [-0.2, 0) is 23.8 Å². The predicted molar refractivity (Wildman–Crippen MR) is 217 cm³/mol. The Labute approximate surface area is 338 Å². The molecule has 0 spiro atoms. The number of Topliss-reactive ketones (excluding diaryl/α,β-unsaturated/α-hetero) is 1. The second-order valence-electron chi connectivity index (χ2n) is 15.9. The molecular weight excluding hydrogens is 750 g/mol. The molecule has 15 nitrogen and oxygen atoms in total. The van der Waals surface area contributed by atoms with Gasteiger partial charge in [-0.2, -0.15) is 5.10 Å². The highest BCUT2D eigenvalue weighted by Crippen LogP contribution is 2.55. The molecule has 0 unspecified atom stereocenters. The molecule has 9 atom stereocenters. The number of phenolic OH excluding ortho intramolecular Hbond substituents is 3. The summed E-state index contributed by atoms with van der Waals surface area (Å²) in [5, 5.41) is 66.8. The van der Waals surface area contributed by atoms with Crippen molar-refractivity contribution in [3.8, 4) is 23.0 Å². The fraction of sp³-hybridized carbons (Fsp3) is 0.535. The Hall–Kier alpha value is -5.12. The summed E-state index contributed by atoms with van der Waals surface area (Å²) in [5.74, 6) is -8.27. The number of hydrazone groups is 1. The maximum absolute atomic E-state index is 14.4. The number of rotatable bonds is 4. The van der Waals surface area contributed by atoms with E-state index in [0.717, 1.165) is 19.3 Å². The van der Waals surface area contributed by atoms with Gasteiger partial charge in [-0.1, -0.05) is 45.9 Å². The van der Waals surface area contributed by atoms with Gasteiger partial charge in [-0.25, -0.2) is 0 Å². The molecule has 15 heteroatoms. The number of hydrogen-bond acceptors (Lipinski definition) is 14. The number of methoxy groups -OCH3 is 1. The first-order chi connectivity index (χ1) is 27.3.